The number of amides is 1. The third kappa shape index (κ3) is 4.95. The third-order valence-electron chi connectivity index (χ3n) is 2.65. The highest BCUT2D eigenvalue weighted by Gasteiger charge is 2.07. The molecule has 1 amide bonds. The van der Waals surface area contributed by atoms with Crippen LogP contribution < -0.4 is 10.6 Å². The average Bonchev–Trinajstić information content (AvgIpc) is 2.34. The second-order valence-electron chi connectivity index (χ2n) is 4.11. The van der Waals surface area contributed by atoms with Crippen molar-refractivity contribution in [3.8, 4) is 0 Å². The van der Waals surface area contributed by atoms with Crippen LogP contribution in [0.3, 0.4) is 0 Å². The maximum atomic E-state index is 12.7. The number of carbonyl (C=O) groups excluding carboxylic acids is 1. The largest absolute Gasteiger partial charge is 0.355 e. The Morgan fingerprint density at radius 1 is 1.35 bits per heavy atom. The molecular weight excluding hydrogens is 219 g/mol. The molecule has 17 heavy (non-hydrogen) atoms. The van der Waals surface area contributed by atoms with Crippen molar-refractivity contribution in [2.45, 2.75) is 19.3 Å². The molecule has 0 saturated carbocycles. The van der Waals surface area contributed by atoms with Gasteiger partial charge in [-0.3, -0.25) is 4.79 Å². The van der Waals surface area contributed by atoms with E-state index in [0.717, 1.165) is 5.56 Å². The molecule has 1 atom stereocenters. The van der Waals surface area contributed by atoms with Crippen LogP contribution in [0.15, 0.2) is 24.3 Å². The van der Waals surface area contributed by atoms with Crippen molar-refractivity contribution in [2.24, 2.45) is 0 Å². The van der Waals surface area contributed by atoms with E-state index in [0.29, 0.717) is 19.5 Å². The van der Waals surface area contributed by atoms with Gasteiger partial charge in [0.05, 0.1) is 0 Å². The quantitative estimate of drug-likeness (QED) is 0.791. The van der Waals surface area contributed by atoms with Gasteiger partial charge >= 0.3 is 0 Å². The number of halogens is 1. The van der Waals surface area contributed by atoms with Crippen LogP contribution in [-0.4, -0.2) is 26.0 Å². The predicted octanol–water partition coefficient (Wildman–Crippen LogP) is 1.65. The molecule has 94 valence electrons. The molecule has 0 heterocycles. The molecule has 4 heteroatoms. The lowest BCUT2D eigenvalue weighted by atomic mass is 10.0. The molecule has 0 spiro atoms. The second-order valence-corrected chi connectivity index (χ2v) is 4.11. The van der Waals surface area contributed by atoms with E-state index in [2.05, 4.69) is 10.6 Å². The highest BCUT2D eigenvalue weighted by atomic mass is 19.1. The molecule has 0 radical (unpaired) electrons. The lowest BCUT2D eigenvalue weighted by Gasteiger charge is -2.13. The summed E-state index contributed by atoms with van der Waals surface area (Å²) in [5.41, 5.74) is 1.03. The molecule has 1 aromatic carbocycles. The van der Waals surface area contributed by atoms with Gasteiger partial charge in [0, 0.05) is 19.5 Å². The molecule has 3 nitrogen and oxygen atoms in total. The molecule has 0 aliphatic carbocycles. The summed E-state index contributed by atoms with van der Waals surface area (Å²) in [6.07, 6.45) is 0.479. The van der Waals surface area contributed by atoms with Crippen LogP contribution in [0.2, 0.25) is 0 Å². The van der Waals surface area contributed by atoms with E-state index in [-0.39, 0.29) is 17.6 Å². The smallest absolute Gasteiger partial charge is 0.221 e. The van der Waals surface area contributed by atoms with E-state index in [1.807, 2.05) is 14.0 Å². The Balaban J connectivity index is 2.36. The number of carbonyl (C=O) groups is 1. The van der Waals surface area contributed by atoms with Crippen LogP contribution in [0, 0.1) is 5.82 Å². The summed E-state index contributed by atoms with van der Waals surface area (Å²) >= 11 is 0. The first-order valence-corrected chi connectivity index (χ1v) is 5.80. The van der Waals surface area contributed by atoms with Gasteiger partial charge in [-0.15, -0.1) is 0 Å². The van der Waals surface area contributed by atoms with Crippen molar-refractivity contribution in [1.29, 1.82) is 0 Å². The molecule has 1 aromatic rings. The highest BCUT2D eigenvalue weighted by molar-refractivity contribution is 5.76. The first kappa shape index (κ1) is 13.6. The van der Waals surface area contributed by atoms with Gasteiger partial charge < -0.3 is 10.6 Å². The van der Waals surface area contributed by atoms with Crippen molar-refractivity contribution < 1.29 is 9.18 Å². The summed E-state index contributed by atoms with van der Waals surface area (Å²) < 4.78 is 12.7. The van der Waals surface area contributed by atoms with Crippen molar-refractivity contribution >= 4 is 5.91 Å². The summed E-state index contributed by atoms with van der Waals surface area (Å²) in [7, 11) is 1.81. The fourth-order valence-corrected chi connectivity index (χ4v) is 1.50. The van der Waals surface area contributed by atoms with Crippen molar-refractivity contribution in [3.05, 3.63) is 35.6 Å². The Morgan fingerprint density at radius 3 is 2.59 bits per heavy atom. The topological polar surface area (TPSA) is 41.1 Å². The number of rotatable bonds is 6. The second kappa shape index (κ2) is 7.01. The van der Waals surface area contributed by atoms with E-state index in [1.165, 1.54) is 12.1 Å². The molecule has 0 bridgehead atoms. The standard InChI is InChI=1S/C13H19FN2O/c1-10(9-16-13(17)7-8-15-2)11-3-5-12(14)6-4-11/h3-6,10,15H,7-9H2,1-2H3,(H,16,17). The first-order valence-electron chi connectivity index (χ1n) is 5.80. The summed E-state index contributed by atoms with van der Waals surface area (Å²) in [4.78, 5) is 11.4. The molecule has 2 N–H and O–H groups in total. The van der Waals surface area contributed by atoms with E-state index < -0.39 is 0 Å². The summed E-state index contributed by atoms with van der Waals surface area (Å²) in [5, 5.41) is 5.78. The minimum Gasteiger partial charge on any atom is -0.355 e. The zero-order valence-corrected chi connectivity index (χ0v) is 10.3. The maximum absolute atomic E-state index is 12.7. The van der Waals surface area contributed by atoms with Crippen molar-refractivity contribution in [2.75, 3.05) is 20.1 Å². The van der Waals surface area contributed by atoms with Gasteiger partial charge in [-0.05, 0) is 30.7 Å². The van der Waals surface area contributed by atoms with Crippen LogP contribution in [0.25, 0.3) is 0 Å². The predicted molar refractivity (Wildman–Crippen MR) is 66.4 cm³/mol. The number of hydrogen-bond donors (Lipinski definition) is 2. The Kier molecular flexibility index (Phi) is 5.63. The maximum Gasteiger partial charge on any atom is 0.221 e. The fraction of sp³-hybridized carbons (Fsp3) is 0.462. The molecule has 0 aliphatic rings. The molecule has 0 fully saturated rings. The molecule has 0 saturated heterocycles. The van der Waals surface area contributed by atoms with Crippen LogP contribution in [-0.2, 0) is 4.79 Å². The van der Waals surface area contributed by atoms with Gasteiger partial charge in [-0.25, -0.2) is 4.39 Å². The van der Waals surface area contributed by atoms with Crippen molar-refractivity contribution in [3.63, 3.8) is 0 Å². The number of nitrogens with one attached hydrogen (secondary N) is 2. The van der Waals surface area contributed by atoms with Gasteiger partial charge in [-0.2, -0.15) is 0 Å². The minimum absolute atomic E-state index is 0.0355. The Morgan fingerprint density at radius 2 is 2.00 bits per heavy atom. The zero-order chi connectivity index (χ0) is 12.7. The molecule has 1 unspecified atom stereocenters. The number of hydrogen-bond acceptors (Lipinski definition) is 2. The van der Waals surface area contributed by atoms with E-state index in [9.17, 15) is 9.18 Å². The molecule has 1 rings (SSSR count). The molecular formula is C13H19FN2O. The molecule has 0 aliphatic heterocycles. The third-order valence-corrected chi connectivity index (χ3v) is 2.65. The van der Waals surface area contributed by atoms with E-state index in [1.54, 1.807) is 12.1 Å². The van der Waals surface area contributed by atoms with E-state index >= 15 is 0 Å². The van der Waals surface area contributed by atoms with E-state index in [4.69, 9.17) is 0 Å². The first-order chi connectivity index (χ1) is 8.13. The minimum atomic E-state index is -0.237. The Hall–Kier alpha value is -1.42. The van der Waals surface area contributed by atoms with Gasteiger partial charge in [0.2, 0.25) is 5.91 Å². The summed E-state index contributed by atoms with van der Waals surface area (Å²) in [6.45, 7) is 3.26. The zero-order valence-electron chi connectivity index (χ0n) is 10.3. The van der Waals surface area contributed by atoms with Crippen LogP contribution in [0.5, 0.6) is 0 Å². The van der Waals surface area contributed by atoms with Crippen LogP contribution in [0.4, 0.5) is 4.39 Å². The molecule has 0 aromatic heterocycles. The summed E-state index contributed by atoms with van der Waals surface area (Å²) in [6, 6.07) is 6.38. The lowest BCUT2D eigenvalue weighted by Crippen LogP contribution is -2.29. The van der Waals surface area contributed by atoms with Crippen LogP contribution in [0.1, 0.15) is 24.8 Å². The van der Waals surface area contributed by atoms with Gasteiger partial charge in [0.15, 0.2) is 0 Å². The Bertz CT molecular complexity index is 351. The monoisotopic (exact) mass is 238 g/mol. The normalized spacial score (nSPS) is 12.2. The van der Waals surface area contributed by atoms with Gasteiger partial charge in [-0.1, -0.05) is 19.1 Å². The van der Waals surface area contributed by atoms with Gasteiger partial charge in [0.25, 0.3) is 0 Å². The summed E-state index contributed by atoms with van der Waals surface area (Å²) in [5.74, 6) is -0.0125. The average molecular weight is 238 g/mol. The van der Waals surface area contributed by atoms with Crippen molar-refractivity contribution in [1.82, 2.24) is 10.6 Å². The van der Waals surface area contributed by atoms with Crippen LogP contribution >= 0.6 is 0 Å². The van der Waals surface area contributed by atoms with Gasteiger partial charge in [0.1, 0.15) is 5.82 Å². The highest BCUT2D eigenvalue weighted by Crippen LogP contribution is 2.14. The fourth-order valence-electron chi connectivity index (χ4n) is 1.50. The lowest BCUT2D eigenvalue weighted by molar-refractivity contribution is -0.121. The number of benzene rings is 1. The Labute approximate surface area is 101 Å². The SMILES string of the molecule is CNCCC(=O)NCC(C)c1ccc(F)cc1.